The monoisotopic (exact) mass is 418 g/mol. The van der Waals surface area contributed by atoms with Gasteiger partial charge in [0, 0.05) is 6.42 Å². The van der Waals surface area contributed by atoms with Crippen LogP contribution in [0.2, 0.25) is 0 Å². The molecular weight excluding hydrogens is 379 g/mol. The molecule has 156 valence electrons. The van der Waals surface area contributed by atoms with Crippen molar-refractivity contribution < 1.29 is 20.1 Å². The van der Waals surface area contributed by atoms with Gasteiger partial charge in [-0.1, -0.05) is 20.8 Å². The molecule has 4 fully saturated rings. The van der Waals surface area contributed by atoms with Gasteiger partial charge in [0.25, 0.3) is 0 Å². The summed E-state index contributed by atoms with van der Waals surface area (Å²) >= 11 is 0. The van der Waals surface area contributed by atoms with Gasteiger partial charge in [0.15, 0.2) is 0 Å². The number of hydrogen-bond donors (Lipinski definition) is 3. The zero-order valence-electron chi connectivity index (χ0n) is 17.2. The van der Waals surface area contributed by atoms with Crippen molar-refractivity contribution in [2.45, 2.75) is 90.8 Å². The second-order valence-corrected chi connectivity index (χ2v) is 11.0. The first-order valence-corrected chi connectivity index (χ1v) is 11.2. The summed E-state index contributed by atoms with van der Waals surface area (Å²) in [6, 6.07) is 0. The van der Waals surface area contributed by atoms with E-state index in [0.717, 1.165) is 44.9 Å². The van der Waals surface area contributed by atoms with E-state index in [1.54, 1.807) is 0 Å². The van der Waals surface area contributed by atoms with Crippen molar-refractivity contribution in [3.8, 4) is 0 Å². The minimum atomic E-state index is -0.683. The van der Waals surface area contributed by atoms with Crippen LogP contribution < -0.4 is 0 Å². The third kappa shape index (κ3) is 3.73. The predicted octanol–water partition coefficient (Wildman–Crippen LogP) is 3.44. The molecule has 4 nitrogen and oxygen atoms in total. The molecular formula is C23H39KO4. The van der Waals surface area contributed by atoms with Crippen molar-refractivity contribution >= 4 is 57.4 Å². The molecule has 5 heteroatoms. The first kappa shape index (κ1) is 23.7. The molecule has 0 spiro atoms. The minimum absolute atomic E-state index is 0. The molecule has 0 radical (unpaired) electrons. The fourth-order valence-corrected chi connectivity index (χ4v) is 8.59. The van der Waals surface area contributed by atoms with Crippen molar-refractivity contribution in [1.82, 2.24) is 0 Å². The molecule has 10 atom stereocenters. The first-order valence-electron chi connectivity index (χ1n) is 11.2. The topological polar surface area (TPSA) is 77.8 Å². The van der Waals surface area contributed by atoms with E-state index in [-0.39, 0.29) is 86.8 Å². The van der Waals surface area contributed by atoms with E-state index in [9.17, 15) is 20.1 Å². The van der Waals surface area contributed by atoms with Crippen LogP contribution in [0.25, 0.3) is 0 Å². The Morgan fingerprint density at radius 3 is 2.32 bits per heavy atom. The Labute approximate surface area is 212 Å². The summed E-state index contributed by atoms with van der Waals surface area (Å²) < 4.78 is 0. The molecule has 0 saturated heterocycles. The Hall–Kier alpha value is 1.03. The van der Waals surface area contributed by atoms with E-state index in [2.05, 4.69) is 20.8 Å². The summed E-state index contributed by atoms with van der Waals surface area (Å²) in [7, 11) is 0. The number of aliphatic hydroxyl groups excluding tert-OH is 2. The number of fused-ring (bicyclic) bond motifs is 5. The maximum atomic E-state index is 11.3. The van der Waals surface area contributed by atoms with Crippen LogP contribution in [0.1, 0.15) is 78.6 Å². The molecule has 0 aromatic rings. The van der Waals surface area contributed by atoms with Crippen molar-refractivity contribution in [3.63, 3.8) is 0 Å². The van der Waals surface area contributed by atoms with Crippen LogP contribution in [0, 0.1) is 46.3 Å². The Morgan fingerprint density at radius 1 is 1.00 bits per heavy atom. The van der Waals surface area contributed by atoms with Crippen molar-refractivity contribution in [3.05, 3.63) is 0 Å². The van der Waals surface area contributed by atoms with Crippen LogP contribution in [-0.2, 0) is 4.79 Å². The van der Waals surface area contributed by atoms with Crippen LogP contribution >= 0.6 is 0 Å². The summed E-state index contributed by atoms with van der Waals surface area (Å²) in [4.78, 5) is 11.3. The predicted molar refractivity (Wildman–Crippen MR) is 111 cm³/mol. The maximum absolute atomic E-state index is 11.3. The van der Waals surface area contributed by atoms with Crippen molar-refractivity contribution in [1.29, 1.82) is 0 Å². The quantitative estimate of drug-likeness (QED) is 0.614. The molecule has 3 N–H and O–H groups in total. The van der Waals surface area contributed by atoms with Crippen molar-refractivity contribution in [2.24, 2.45) is 46.3 Å². The summed E-state index contributed by atoms with van der Waals surface area (Å²) in [6.07, 6.45) is 8.12. The van der Waals surface area contributed by atoms with E-state index in [0.29, 0.717) is 29.6 Å². The molecule has 4 aliphatic rings. The second kappa shape index (κ2) is 8.52. The average Bonchev–Trinajstić information content (AvgIpc) is 2.93. The zero-order chi connectivity index (χ0) is 19.6. The number of hydrogen-bond acceptors (Lipinski definition) is 3. The molecule has 0 aromatic heterocycles. The number of carbonyl (C=O) groups is 1. The SMILES string of the molecule is C[C@H](CC(=O)O)[C@H]1CC[C@H]2[C@@H]3[C@@H](O)CC4C[C@H](O)CC[C@]4(C)[C@H]3CC[C@]12C.[KH]. The van der Waals surface area contributed by atoms with Gasteiger partial charge >= 0.3 is 57.4 Å². The first-order chi connectivity index (χ1) is 12.7. The Morgan fingerprint density at radius 2 is 1.64 bits per heavy atom. The third-order valence-electron chi connectivity index (χ3n) is 9.91. The summed E-state index contributed by atoms with van der Waals surface area (Å²) in [5, 5.41) is 30.7. The normalized spacial score (nSPS) is 51.2. The van der Waals surface area contributed by atoms with Crippen LogP contribution in [0.15, 0.2) is 0 Å². The molecule has 0 heterocycles. The molecule has 1 unspecified atom stereocenters. The third-order valence-corrected chi connectivity index (χ3v) is 9.91. The molecule has 0 aliphatic heterocycles. The number of aliphatic carboxylic acids is 1. The van der Waals surface area contributed by atoms with E-state index in [1.807, 2.05) is 0 Å². The number of carboxylic acid groups (broad SMARTS) is 1. The summed E-state index contributed by atoms with van der Waals surface area (Å²) in [5.74, 6) is 1.89. The van der Waals surface area contributed by atoms with Gasteiger partial charge in [-0.05, 0) is 97.7 Å². The molecule has 28 heavy (non-hydrogen) atoms. The van der Waals surface area contributed by atoms with E-state index < -0.39 is 5.97 Å². The van der Waals surface area contributed by atoms with E-state index in [4.69, 9.17) is 0 Å². The van der Waals surface area contributed by atoms with E-state index in [1.165, 1.54) is 6.42 Å². The molecule has 0 bridgehead atoms. The Kier molecular flexibility index (Phi) is 7.20. The van der Waals surface area contributed by atoms with Crippen LogP contribution in [-0.4, -0.2) is 84.9 Å². The van der Waals surface area contributed by atoms with Gasteiger partial charge in [-0.2, -0.15) is 0 Å². The standard InChI is InChI=1S/C23H38O4.K.H/c1-13(10-20(26)27)16-4-5-17-21-18(7-9-23(16,17)3)22(2)8-6-15(24)11-14(22)12-19(21)25;;/h13-19,21,24-25H,4-12H2,1-3H3,(H,26,27);;/t13-,14?,15-,16-,17+,18+,19+,21+,22+,23-;;/m1../s1. The van der Waals surface area contributed by atoms with Gasteiger partial charge in [0.05, 0.1) is 12.2 Å². The Bertz CT molecular complexity index is 597. The summed E-state index contributed by atoms with van der Waals surface area (Å²) in [5.41, 5.74) is 0.434. The molecule has 0 amide bonds. The van der Waals surface area contributed by atoms with Crippen LogP contribution in [0.3, 0.4) is 0 Å². The average molecular weight is 419 g/mol. The fourth-order valence-electron chi connectivity index (χ4n) is 8.59. The van der Waals surface area contributed by atoms with Crippen LogP contribution in [0.4, 0.5) is 0 Å². The molecule has 0 aromatic carbocycles. The summed E-state index contributed by atoms with van der Waals surface area (Å²) in [6.45, 7) is 6.96. The molecule has 4 aliphatic carbocycles. The number of aliphatic hydroxyl groups is 2. The van der Waals surface area contributed by atoms with Gasteiger partial charge in [0.2, 0.25) is 0 Å². The zero-order valence-corrected chi connectivity index (χ0v) is 17.2. The van der Waals surface area contributed by atoms with Crippen molar-refractivity contribution in [2.75, 3.05) is 0 Å². The second-order valence-electron chi connectivity index (χ2n) is 11.0. The fraction of sp³-hybridized carbons (Fsp3) is 0.957. The number of carboxylic acids is 1. The number of rotatable bonds is 3. The van der Waals surface area contributed by atoms with Gasteiger partial charge in [-0.15, -0.1) is 0 Å². The van der Waals surface area contributed by atoms with Gasteiger partial charge in [-0.3, -0.25) is 4.79 Å². The van der Waals surface area contributed by atoms with Gasteiger partial charge in [-0.25, -0.2) is 0 Å². The van der Waals surface area contributed by atoms with Gasteiger partial charge < -0.3 is 15.3 Å². The Balaban J connectivity index is 0.00000225. The van der Waals surface area contributed by atoms with Gasteiger partial charge in [0.1, 0.15) is 0 Å². The molecule has 4 saturated carbocycles. The van der Waals surface area contributed by atoms with E-state index >= 15 is 0 Å². The molecule has 4 rings (SSSR count). The van der Waals surface area contributed by atoms with Crippen LogP contribution in [0.5, 0.6) is 0 Å².